The fourth-order valence-electron chi connectivity index (χ4n) is 3.30. The molecule has 1 aliphatic heterocycles. The van der Waals surface area contributed by atoms with Gasteiger partial charge >= 0.3 is 12.0 Å². The lowest BCUT2D eigenvalue weighted by Gasteiger charge is -2.29. The van der Waals surface area contributed by atoms with E-state index in [2.05, 4.69) is 10.6 Å². The minimum absolute atomic E-state index is 0.0228. The molecular formula is C22H23ClN2O5S. The molecule has 2 N–H and O–H groups in total. The molecule has 0 radical (unpaired) electrons. The molecule has 0 saturated carbocycles. The van der Waals surface area contributed by atoms with E-state index in [1.165, 1.54) is 6.07 Å². The second kappa shape index (κ2) is 9.11. The van der Waals surface area contributed by atoms with Gasteiger partial charge in [-0.15, -0.1) is 0 Å². The zero-order valence-corrected chi connectivity index (χ0v) is 18.9. The van der Waals surface area contributed by atoms with Gasteiger partial charge in [0, 0.05) is 10.7 Å². The van der Waals surface area contributed by atoms with Crippen LogP contribution in [0.25, 0.3) is 0 Å². The van der Waals surface area contributed by atoms with Gasteiger partial charge in [0.2, 0.25) is 0 Å². The number of carbonyl (C=O) groups is 2. The molecule has 0 aliphatic carbocycles. The third-order valence-corrected chi connectivity index (χ3v) is 6.88. The molecular weight excluding hydrogens is 440 g/mol. The predicted octanol–water partition coefficient (Wildman–Crippen LogP) is 3.60. The molecule has 2 amide bonds. The Hall–Kier alpha value is -2.84. The number of aryl methyl sites for hydroxylation is 2. The monoisotopic (exact) mass is 462 g/mol. The molecule has 164 valence electrons. The maximum absolute atomic E-state index is 13.1. The van der Waals surface area contributed by atoms with Crippen molar-refractivity contribution in [2.45, 2.75) is 31.7 Å². The van der Waals surface area contributed by atoms with E-state index < -0.39 is 33.6 Å². The number of benzene rings is 2. The Balaban J connectivity index is 2.11. The van der Waals surface area contributed by atoms with Crippen LogP contribution in [0.3, 0.4) is 0 Å². The number of esters is 1. The predicted molar refractivity (Wildman–Crippen MR) is 117 cm³/mol. The second-order valence-electron chi connectivity index (χ2n) is 7.20. The van der Waals surface area contributed by atoms with Gasteiger partial charge in [-0.25, -0.2) is 18.0 Å². The summed E-state index contributed by atoms with van der Waals surface area (Å²) in [6.45, 7) is 5.44. The summed E-state index contributed by atoms with van der Waals surface area (Å²) in [4.78, 5) is 25.3. The van der Waals surface area contributed by atoms with Crippen LogP contribution in [0.1, 0.15) is 29.7 Å². The third kappa shape index (κ3) is 5.08. The molecule has 0 bridgehead atoms. The summed E-state index contributed by atoms with van der Waals surface area (Å²) in [5, 5.41) is 5.56. The summed E-state index contributed by atoms with van der Waals surface area (Å²) in [6, 6.07) is 9.92. The van der Waals surface area contributed by atoms with E-state index in [9.17, 15) is 18.0 Å². The molecule has 7 nitrogen and oxygen atoms in total. The smallest absolute Gasteiger partial charge is 0.338 e. The number of rotatable bonds is 6. The highest BCUT2D eigenvalue weighted by molar-refractivity contribution is 7.91. The number of urea groups is 1. The van der Waals surface area contributed by atoms with Crippen molar-refractivity contribution in [3.05, 3.63) is 75.4 Å². The van der Waals surface area contributed by atoms with E-state index in [4.69, 9.17) is 16.3 Å². The number of ether oxygens (including phenoxy) is 1. The topological polar surface area (TPSA) is 102 Å². The zero-order chi connectivity index (χ0) is 22.8. The highest BCUT2D eigenvalue weighted by Gasteiger charge is 2.35. The first-order chi connectivity index (χ1) is 14.6. The van der Waals surface area contributed by atoms with E-state index in [1.54, 1.807) is 43.3 Å². The Morgan fingerprint density at radius 3 is 2.52 bits per heavy atom. The van der Waals surface area contributed by atoms with Gasteiger partial charge in [-0.2, -0.15) is 0 Å². The van der Waals surface area contributed by atoms with Crippen LogP contribution in [0.15, 0.2) is 58.6 Å². The first kappa shape index (κ1) is 22.8. The van der Waals surface area contributed by atoms with E-state index in [1.807, 2.05) is 13.8 Å². The van der Waals surface area contributed by atoms with Crippen molar-refractivity contribution in [2.24, 2.45) is 0 Å². The number of carbonyl (C=O) groups excluding carboxylic acids is 2. The van der Waals surface area contributed by atoms with Crippen LogP contribution in [-0.2, 0) is 19.4 Å². The molecule has 0 fully saturated rings. The molecule has 31 heavy (non-hydrogen) atoms. The molecule has 2 aromatic carbocycles. The number of amides is 2. The fourth-order valence-corrected chi connectivity index (χ4v) is 4.90. The average molecular weight is 463 g/mol. The van der Waals surface area contributed by atoms with Gasteiger partial charge in [0.1, 0.15) is 0 Å². The van der Waals surface area contributed by atoms with E-state index in [-0.39, 0.29) is 22.8 Å². The van der Waals surface area contributed by atoms with Crippen LogP contribution in [0.2, 0.25) is 5.02 Å². The van der Waals surface area contributed by atoms with Gasteiger partial charge in [-0.3, -0.25) is 0 Å². The van der Waals surface area contributed by atoms with Crippen LogP contribution < -0.4 is 10.6 Å². The molecule has 2 aromatic rings. The van der Waals surface area contributed by atoms with Crippen molar-refractivity contribution in [1.29, 1.82) is 0 Å². The third-order valence-electron chi connectivity index (χ3n) is 5.00. The van der Waals surface area contributed by atoms with Crippen molar-refractivity contribution in [3.8, 4) is 0 Å². The molecule has 0 saturated heterocycles. The van der Waals surface area contributed by atoms with E-state index in [0.29, 0.717) is 10.6 Å². The summed E-state index contributed by atoms with van der Waals surface area (Å²) in [7, 11) is -3.85. The Morgan fingerprint density at radius 2 is 1.87 bits per heavy atom. The summed E-state index contributed by atoms with van der Waals surface area (Å²) in [5.41, 5.74) is 2.32. The molecule has 0 unspecified atom stereocenters. The van der Waals surface area contributed by atoms with E-state index in [0.717, 1.165) is 11.1 Å². The normalized spacial score (nSPS) is 16.5. The molecule has 0 spiro atoms. The van der Waals surface area contributed by atoms with Crippen molar-refractivity contribution in [2.75, 3.05) is 12.4 Å². The van der Waals surface area contributed by atoms with Crippen LogP contribution in [0, 0.1) is 13.8 Å². The van der Waals surface area contributed by atoms with Crippen LogP contribution in [0.5, 0.6) is 0 Å². The molecule has 1 heterocycles. The first-order valence-electron chi connectivity index (χ1n) is 9.65. The summed E-state index contributed by atoms with van der Waals surface area (Å²) < 4.78 is 31.4. The Kier molecular flexibility index (Phi) is 6.71. The van der Waals surface area contributed by atoms with Crippen LogP contribution >= 0.6 is 11.6 Å². The number of sulfone groups is 1. The summed E-state index contributed by atoms with van der Waals surface area (Å²) in [6.07, 6.45) is 0. The quantitative estimate of drug-likeness (QED) is 0.638. The number of hydrogen-bond donors (Lipinski definition) is 2. The van der Waals surface area contributed by atoms with Gasteiger partial charge in [0.15, 0.2) is 9.84 Å². The lowest BCUT2D eigenvalue weighted by molar-refractivity contribution is -0.139. The van der Waals surface area contributed by atoms with Crippen LogP contribution in [-0.4, -0.2) is 32.8 Å². The Bertz CT molecular complexity index is 1170. The highest BCUT2D eigenvalue weighted by atomic mass is 35.5. The fraction of sp³-hybridized carbons (Fsp3) is 0.273. The Labute approximate surface area is 186 Å². The second-order valence-corrected chi connectivity index (χ2v) is 9.63. The highest BCUT2D eigenvalue weighted by Crippen LogP contribution is 2.30. The van der Waals surface area contributed by atoms with Gasteiger partial charge in [0.05, 0.1) is 28.9 Å². The number of halogens is 1. The van der Waals surface area contributed by atoms with Gasteiger partial charge in [-0.1, -0.05) is 29.8 Å². The first-order valence-corrected chi connectivity index (χ1v) is 11.7. The lowest BCUT2D eigenvalue weighted by atomic mass is 9.95. The van der Waals surface area contributed by atoms with Gasteiger partial charge in [0.25, 0.3) is 0 Å². The SMILES string of the molecule is CCOC(=O)C1=C(CS(=O)(=O)c2ccc(C)c(C)c2)NC(=O)N[C@@H]1c1cccc(Cl)c1. The summed E-state index contributed by atoms with van der Waals surface area (Å²) >= 11 is 6.08. The van der Waals surface area contributed by atoms with Crippen molar-refractivity contribution >= 4 is 33.4 Å². The number of hydrogen-bond acceptors (Lipinski definition) is 5. The van der Waals surface area contributed by atoms with Crippen molar-refractivity contribution in [1.82, 2.24) is 10.6 Å². The maximum atomic E-state index is 13.1. The van der Waals surface area contributed by atoms with Crippen molar-refractivity contribution < 1.29 is 22.7 Å². The minimum Gasteiger partial charge on any atom is -0.463 e. The summed E-state index contributed by atoms with van der Waals surface area (Å²) in [5.74, 6) is -1.28. The molecule has 3 rings (SSSR count). The maximum Gasteiger partial charge on any atom is 0.338 e. The largest absolute Gasteiger partial charge is 0.463 e. The van der Waals surface area contributed by atoms with E-state index >= 15 is 0 Å². The standard InChI is InChI=1S/C22H23ClN2O5S/c1-4-30-21(26)19-18(12-31(28,29)17-9-8-13(2)14(3)10-17)24-22(27)25-20(19)15-6-5-7-16(23)11-15/h5-11,20H,4,12H2,1-3H3,(H2,24,25,27)/t20-/m1/s1. The number of nitrogens with one attached hydrogen (secondary N) is 2. The zero-order valence-electron chi connectivity index (χ0n) is 17.4. The van der Waals surface area contributed by atoms with Gasteiger partial charge in [-0.05, 0) is 61.7 Å². The molecule has 1 atom stereocenters. The molecule has 0 aromatic heterocycles. The molecule has 1 aliphatic rings. The Morgan fingerprint density at radius 1 is 1.13 bits per heavy atom. The van der Waals surface area contributed by atoms with Crippen LogP contribution in [0.4, 0.5) is 4.79 Å². The average Bonchev–Trinajstić information content (AvgIpc) is 2.69. The molecule has 9 heteroatoms. The lowest BCUT2D eigenvalue weighted by Crippen LogP contribution is -2.47. The van der Waals surface area contributed by atoms with Crippen molar-refractivity contribution in [3.63, 3.8) is 0 Å². The minimum atomic E-state index is -3.85. The van der Waals surface area contributed by atoms with Gasteiger partial charge < -0.3 is 15.4 Å².